The molecule has 0 radical (unpaired) electrons. The molecule has 5 rings (SSSR count). The van der Waals surface area contributed by atoms with E-state index in [0.29, 0.717) is 5.71 Å². The lowest BCUT2D eigenvalue weighted by Crippen LogP contribution is -2.60. The van der Waals surface area contributed by atoms with E-state index in [4.69, 9.17) is 4.84 Å². The van der Waals surface area contributed by atoms with Crippen molar-refractivity contribution in [1.82, 2.24) is 9.62 Å². The fraction of sp³-hybridized carbons (Fsp3) is 0.636. The fourth-order valence-electron chi connectivity index (χ4n) is 5.91. The summed E-state index contributed by atoms with van der Waals surface area (Å²) in [7, 11) is -0.464. The smallest absolute Gasteiger partial charge is 0.261 e. The third-order valence-electron chi connectivity index (χ3n) is 6.89. The third kappa shape index (κ3) is 4.25. The molecule has 0 heterocycles. The number of nitrogens with zero attached hydrogens (tertiary/aromatic N) is 2. The Labute approximate surface area is 178 Å². The minimum atomic E-state index is -3.46. The van der Waals surface area contributed by atoms with E-state index in [2.05, 4.69) is 10.5 Å². The molecule has 0 atom stereocenters. The molecule has 4 saturated carbocycles. The van der Waals surface area contributed by atoms with Gasteiger partial charge >= 0.3 is 0 Å². The Kier molecular flexibility index (Phi) is 5.66. The first-order chi connectivity index (χ1) is 14.2. The van der Waals surface area contributed by atoms with Gasteiger partial charge in [0.05, 0.1) is 10.6 Å². The van der Waals surface area contributed by atoms with Crippen LogP contribution in [0, 0.1) is 17.8 Å². The number of carbonyl (C=O) groups is 1. The Hall–Kier alpha value is -1.93. The molecule has 30 heavy (non-hydrogen) atoms. The molecule has 4 aliphatic rings. The predicted molar refractivity (Wildman–Crippen MR) is 115 cm³/mol. The van der Waals surface area contributed by atoms with Crippen LogP contribution in [-0.4, -0.2) is 50.6 Å². The SMILES string of the molecule is C/C(=N\OCC(=O)NC12CC3CC(CC(C3)C1)C2)c1ccc(S(=O)(=O)N(C)C)cc1. The summed E-state index contributed by atoms with van der Waals surface area (Å²) in [6.07, 6.45) is 7.33. The van der Waals surface area contributed by atoms with E-state index in [1.165, 1.54) is 37.7 Å². The summed E-state index contributed by atoms with van der Waals surface area (Å²) in [5.41, 5.74) is 1.31. The molecule has 0 aromatic heterocycles. The summed E-state index contributed by atoms with van der Waals surface area (Å²) in [6, 6.07) is 6.47. The minimum Gasteiger partial charge on any atom is -0.385 e. The Morgan fingerprint density at radius 2 is 1.63 bits per heavy atom. The molecule has 0 spiro atoms. The topological polar surface area (TPSA) is 88.1 Å². The average Bonchev–Trinajstić information content (AvgIpc) is 2.66. The number of nitrogens with one attached hydrogen (secondary N) is 1. The van der Waals surface area contributed by atoms with E-state index in [-0.39, 0.29) is 22.9 Å². The molecular formula is C22H31N3O4S. The standard InChI is InChI=1S/C22H31N3O4S/c1-15(19-4-6-20(7-5-19)30(27,28)25(2)3)24-29-14-21(26)23-22-11-16-8-17(12-22)10-18(9-16)13-22/h4-7,16-18H,8-14H2,1-3H3,(H,23,26)/b24-15+. The summed E-state index contributed by atoms with van der Waals surface area (Å²) in [6.45, 7) is 1.67. The number of benzene rings is 1. The van der Waals surface area contributed by atoms with Gasteiger partial charge < -0.3 is 10.2 Å². The highest BCUT2D eigenvalue weighted by molar-refractivity contribution is 7.89. The number of amides is 1. The van der Waals surface area contributed by atoms with Gasteiger partial charge in [-0.15, -0.1) is 0 Å². The average molecular weight is 434 g/mol. The lowest BCUT2D eigenvalue weighted by atomic mass is 9.53. The summed E-state index contributed by atoms with van der Waals surface area (Å²) in [5.74, 6) is 2.21. The van der Waals surface area contributed by atoms with Crippen molar-refractivity contribution >= 4 is 21.6 Å². The number of hydrogen-bond donors (Lipinski definition) is 1. The molecule has 1 amide bonds. The van der Waals surface area contributed by atoms with Gasteiger partial charge in [0.15, 0.2) is 6.61 Å². The zero-order valence-electron chi connectivity index (χ0n) is 17.9. The zero-order chi connectivity index (χ0) is 21.5. The molecule has 4 bridgehead atoms. The van der Waals surface area contributed by atoms with Crippen molar-refractivity contribution in [1.29, 1.82) is 0 Å². The van der Waals surface area contributed by atoms with Gasteiger partial charge in [-0.1, -0.05) is 17.3 Å². The van der Waals surface area contributed by atoms with Crippen LogP contribution in [0.5, 0.6) is 0 Å². The van der Waals surface area contributed by atoms with Gasteiger partial charge in [0.25, 0.3) is 5.91 Å². The monoisotopic (exact) mass is 433 g/mol. The molecular weight excluding hydrogens is 402 g/mol. The van der Waals surface area contributed by atoms with E-state index in [1.807, 2.05) is 0 Å². The number of hydrogen-bond acceptors (Lipinski definition) is 5. The van der Waals surface area contributed by atoms with Crippen molar-refractivity contribution in [2.75, 3.05) is 20.7 Å². The molecule has 1 aromatic rings. The second kappa shape index (κ2) is 7.96. The Bertz CT molecular complexity index is 902. The lowest BCUT2D eigenvalue weighted by Gasteiger charge is -2.56. The Morgan fingerprint density at radius 3 is 2.13 bits per heavy atom. The Balaban J connectivity index is 1.31. The van der Waals surface area contributed by atoms with Gasteiger partial charge in [-0.3, -0.25) is 4.79 Å². The maximum absolute atomic E-state index is 12.5. The quantitative estimate of drug-likeness (QED) is 0.529. The number of rotatable bonds is 7. The maximum atomic E-state index is 12.5. The van der Waals surface area contributed by atoms with Crippen molar-refractivity contribution < 1.29 is 18.0 Å². The highest BCUT2D eigenvalue weighted by atomic mass is 32.2. The fourth-order valence-corrected chi connectivity index (χ4v) is 6.82. The van der Waals surface area contributed by atoms with Crippen LogP contribution in [0.25, 0.3) is 0 Å². The summed E-state index contributed by atoms with van der Waals surface area (Å²) >= 11 is 0. The predicted octanol–water partition coefficient (Wildman–Crippen LogP) is 2.76. The highest BCUT2D eigenvalue weighted by Gasteiger charge is 2.51. The molecule has 7 nitrogen and oxygen atoms in total. The van der Waals surface area contributed by atoms with Gasteiger partial charge in [0.1, 0.15) is 0 Å². The largest absolute Gasteiger partial charge is 0.385 e. The first kappa shape index (κ1) is 21.3. The van der Waals surface area contributed by atoms with E-state index in [9.17, 15) is 13.2 Å². The summed E-state index contributed by atoms with van der Waals surface area (Å²) in [4.78, 5) is 18.0. The van der Waals surface area contributed by atoms with Gasteiger partial charge in [-0.25, -0.2) is 12.7 Å². The van der Waals surface area contributed by atoms with Crippen LogP contribution in [0.4, 0.5) is 0 Å². The lowest BCUT2D eigenvalue weighted by molar-refractivity contribution is -0.131. The van der Waals surface area contributed by atoms with Crippen LogP contribution >= 0.6 is 0 Å². The van der Waals surface area contributed by atoms with Crippen LogP contribution in [0.3, 0.4) is 0 Å². The first-order valence-corrected chi connectivity index (χ1v) is 12.1. The molecule has 0 unspecified atom stereocenters. The number of oxime groups is 1. The van der Waals surface area contributed by atoms with Gasteiger partial charge in [-0.05, 0) is 80.9 Å². The van der Waals surface area contributed by atoms with Crippen molar-refractivity contribution in [3.8, 4) is 0 Å². The van der Waals surface area contributed by atoms with Gasteiger partial charge in [0, 0.05) is 19.6 Å². The minimum absolute atomic E-state index is 0.0261. The van der Waals surface area contributed by atoms with E-state index in [0.717, 1.165) is 42.6 Å². The normalized spacial score (nSPS) is 30.5. The first-order valence-electron chi connectivity index (χ1n) is 10.7. The zero-order valence-corrected chi connectivity index (χ0v) is 18.7. The van der Waals surface area contributed by atoms with E-state index < -0.39 is 10.0 Å². The van der Waals surface area contributed by atoms with E-state index in [1.54, 1.807) is 31.2 Å². The molecule has 4 aliphatic carbocycles. The van der Waals surface area contributed by atoms with Crippen LogP contribution in [0.1, 0.15) is 51.0 Å². The number of sulfonamides is 1. The molecule has 1 N–H and O–H groups in total. The highest BCUT2D eigenvalue weighted by Crippen LogP contribution is 2.55. The van der Waals surface area contributed by atoms with E-state index >= 15 is 0 Å². The second-order valence-electron chi connectivity index (χ2n) is 9.51. The molecule has 0 saturated heterocycles. The molecule has 164 valence electrons. The van der Waals surface area contributed by atoms with Gasteiger partial charge in [0.2, 0.25) is 10.0 Å². The molecule has 0 aliphatic heterocycles. The van der Waals surface area contributed by atoms with Crippen LogP contribution in [0.2, 0.25) is 0 Å². The van der Waals surface area contributed by atoms with Gasteiger partial charge in [-0.2, -0.15) is 0 Å². The van der Waals surface area contributed by atoms with Crippen LogP contribution in [0.15, 0.2) is 34.3 Å². The summed E-state index contributed by atoms with van der Waals surface area (Å²) in [5, 5.41) is 7.32. The van der Waals surface area contributed by atoms with Crippen molar-refractivity contribution in [3.63, 3.8) is 0 Å². The van der Waals surface area contributed by atoms with Crippen LogP contribution < -0.4 is 5.32 Å². The maximum Gasteiger partial charge on any atom is 0.261 e. The number of carbonyl (C=O) groups excluding carboxylic acids is 1. The molecule has 4 fully saturated rings. The Morgan fingerprint density at radius 1 is 1.10 bits per heavy atom. The second-order valence-corrected chi connectivity index (χ2v) is 11.7. The molecule has 1 aromatic carbocycles. The third-order valence-corrected chi connectivity index (χ3v) is 8.72. The summed E-state index contributed by atoms with van der Waals surface area (Å²) < 4.78 is 25.5. The van der Waals surface area contributed by atoms with Crippen LogP contribution in [-0.2, 0) is 19.7 Å². The molecule has 8 heteroatoms. The van der Waals surface area contributed by atoms with Crippen molar-refractivity contribution in [3.05, 3.63) is 29.8 Å². The van der Waals surface area contributed by atoms with Crippen molar-refractivity contribution in [2.45, 2.75) is 55.9 Å². The van der Waals surface area contributed by atoms with Crippen molar-refractivity contribution in [2.24, 2.45) is 22.9 Å².